The number of rotatable bonds is 5. The zero-order valence-electron chi connectivity index (χ0n) is 15.0. The lowest BCUT2D eigenvalue weighted by Crippen LogP contribution is -1.99. The van der Waals surface area contributed by atoms with Gasteiger partial charge in [0.25, 0.3) is 0 Å². The Labute approximate surface area is 170 Å². The molecule has 0 bridgehead atoms. The predicted molar refractivity (Wildman–Crippen MR) is 112 cm³/mol. The van der Waals surface area contributed by atoms with E-state index in [1.165, 1.54) is 0 Å². The number of ether oxygens (including phenoxy) is 1. The van der Waals surface area contributed by atoms with Gasteiger partial charge in [0.2, 0.25) is 0 Å². The number of anilines is 2. The Hall–Kier alpha value is -3.03. The van der Waals surface area contributed by atoms with Gasteiger partial charge in [0.1, 0.15) is 16.7 Å². The first-order valence-corrected chi connectivity index (χ1v) is 9.23. The molecule has 9 heteroatoms. The first-order valence-electron chi connectivity index (χ1n) is 8.47. The Morgan fingerprint density at radius 2 is 1.96 bits per heavy atom. The molecule has 0 aliphatic rings. The number of aromatic nitrogens is 5. The van der Waals surface area contributed by atoms with Crippen LogP contribution in [0.1, 0.15) is 18.3 Å². The van der Waals surface area contributed by atoms with E-state index in [2.05, 4.69) is 30.5 Å². The van der Waals surface area contributed by atoms with Crippen molar-refractivity contribution in [1.29, 1.82) is 0 Å². The smallest absolute Gasteiger partial charge is 0.325 e. The lowest BCUT2D eigenvalue weighted by molar-refractivity contribution is 0.443. The summed E-state index contributed by atoms with van der Waals surface area (Å²) >= 11 is 12.6. The van der Waals surface area contributed by atoms with Crippen molar-refractivity contribution in [3.63, 3.8) is 0 Å². The lowest BCUT2D eigenvalue weighted by Gasteiger charge is -2.09. The minimum Gasteiger partial charge on any atom is -0.423 e. The van der Waals surface area contributed by atoms with Crippen LogP contribution in [-0.2, 0) is 0 Å². The standard InChI is InChI=1S/C19H16Cl2N6O/c1-3-4-11-8-17(27-26-11)24-16-9-15(20)23-19(25-16)28-14-6-5-13-12(18(14)21)7-10(2)22-13/h3-9,22H,1-2H3,(H2,23,24,25,26,27). The molecule has 0 saturated carbocycles. The maximum Gasteiger partial charge on any atom is 0.325 e. The minimum absolute atomic E-state index is 0.0766. The number of aryl methyl sites for hydroxylation is 1. The summed E-state index contributed by atoms with van der Waals surface area (Å²) in [4.78, 5) is 11.7. The predicted octanol–water partition coefficient (Wildman–Crippen LogP) is 5.87. The second-order valence-electron chi connectivity index (χ2n) is 6.09. The van der Waals surface area contributed by atoms with Crippen molar-refractivity contribution in [3.05, 3.63) is 58.0 Å². The summed E-state index contributed by atoms with van der Waals surface area (Å²) in [6, 6.07) is 9.10. The maximum absolute atomic E-state index is 6.48. The third-order valence-electron chi connectivity index (χ3n) is 3.91. The van der Waals surface area contributed by atoms with E-state index in [9.17, 15) is 0 Å². The maximum atomic E-state index is 6.48. The van der Waals surface area contributed by atoms with Crippen molar-refractivity contribution in [2.45, 2.75) is 13.8 Å². The van der Waals surface area contributed by atoms with Crippen LogP contribution in [0.2, 0.25) is 10.2 Å². The van der Waals surface area contributed by atoms with Crippen molar-refractivity contribution in [1.82, 2.24) is 25.1 Å². The Morgan fingerprint density at radius 1 is 1.11 bits per heavy atom. The molecule has 0 radical (unpaired) electrons. The fraction of sp³-hybridized carbons (Fsp3) is 0.105. The SMILES string of the molecule is CC=Cc1cc(Nc2cc(Cl)nc(Oc3ccc4[nH]c(C)cc4c3Cl)n2)n[nH]1. The molecule has 0 amide bonds. The topological polar surface area (TPSA) is 91.5 Å². The summed E-state index contributed by atoms with van der Waals surface area (Å²) in [5, 5.41) is 11.7. The minimum atomic E-state index is 0.0766. The molecule has 0 spiro atoms. The van der Waals surface area contributed by atoms with Gasteiger partial charge in [-0.05, 0) is 38.1 Å². The lowest BCUT2D eigenvalue weighted by atomic mass is 10.2. The van der Waals surface area contributed by atoms with Gasteiger partial charge in [0.05, 0.1) is 10.7 Å². The average Bonchev–Trinajstić information content (AvgIpc) is 3.23. The Bertz CT molecular complexity index is 1180. The molecule has 0 fully saturated rings. The van der Waals surface area contributed by atoms with Crippen molar-refractivity contribution in [2.75, 3.05) is 5.32 Å². The van der Waals surface area contributed by atoms with Gasteiger partial charge >= 0.3 is 6.01 Å². The number of hydrogen-bond acceptors (Lipinski definition) is 5. The third kappa shape index (κ3) is 3.81. The highest BCUT2D eigenvalue weighted by Gasteiger charge is 2.13. The van der Waals surface area contributed by atoms with Crippen molar-refractivity contribution in [3.8, 4) is 11.8 Å². The largest absolute Gasteiger partial charge is 0.423 e. The number of benzene rings is 1. The molecule has 4 rings (SSSR count). The highest BCUT2D eigenvalue weighted by Crippen LogP contribution is 2.35. The van der Waals surface area contributed by atoms with E-state index in [1.807, 2.05) is 44.2 Å². The monoisotopic (exact) mass is 414 g/mol. The van der Waals surface area contributed by atoms with Gasteiger partial charge in [-0.15, -0.1) is 0 Å². The molecule has 3 N–H and O–H groups in total. The zero-order valence-corrected chi connectivity index (χ0v) is 16.6. The van der Waals surface area contributed by atoms with E-state index >= 15 is 0 Å². The molecule has 3 aromatic heterocycles. The Balaban J connectivity index is 1.61. The number of H-pyrrole nitrogens is 2. The van der Waals surface area contributed by atoms with E-state index in [-0.39, 0.29) is 11.2 Å². The summed E-state index contributed by atoms with van der Waals surface area (Å²) in [7, 11) is 0. The molecule has 0 aliphatic heterocycles. The summed E-state index contributed by atoms with van der Waals surface area (Å²) in [5.74, 6) is 1.48. The van der Waals surface area contributed by atoms with Gasteiger partial charge in [-0.3, -0.25) is 5.10 Å². The first-order chi connectivity index (χ1) is 13.5. The van der Waals surface area contributed by atoms with Crippen molar-refractivity contribution < 1.29 is 4.74 Å². The molecule has 0 saturated heterocycles. The summed E-state index contributed by atoms with van der Waals surface area (Å²) < 4.78 is 5.80. The number of fused-ring (bicyclic) bond motifs is 1. The molecule has 4 aromatic rings. The highest BCUT2D eigenvalue weighted by molar-refractivity contribution is 6.37. The van der Waals surface area contributed by atoms with E-state index < -0.39 is 0 Å². The number of halogens is 2. The second kappa shape index (κ2) is 7.53. The van der Waals surface area contributed by atoms with Crippen LogP contribution >= 0.6 is 23.2 Å². The van der Waals surface area contributed by atoms with Crippen molar-refractivity contribution >= 4 is 51.8 Å². The van der Waals surface area contributed by atoms with E-state index in [4.69, 9.17) is 27.9 Å². The van der Waals surface area contributed by atoms with E-state index in [1.54, 1.807) is 12.1 Å². The fourth-order valence-corrected chi connectivity index (χ4v) is 3.20. The number of allylic oxidation sites excluding steroid dienone is 1. The number of aromatic amines is 2. The zero-order chi connectivity index (χ0) is 19.7. The summed E-state index contributed by atoms with van der Waals surface area (Å²) in [6.07, 6.45) is 3.82. The third-order valence-corrected chi connectivity index (χ3v) is 4.50. The van der Waals surface area contributed by atoms with Crippen LogP contribution < -0.4 is 10.1 Å². The van der Waals surface area contributed by atoms with Gasteiger partial charge in [-0.1, -0.05) is 29.3 Å². The Kier molecular flexibility index (Phi) is 4.93. The molecule has 0 atom stereocenters. The van der Waals surface area contributed by atoms with Gasteiger partial charge in [0, 0.05) is 28.7 Å². The second-order valence-corrected chi connectivity index (χ2v) is 6.85. The molecule has 7 nitrogen and oxygen atoms in total. The van der Waals surface area contributed by atoms with E-state index in [0.29, 0.717) is 22.4 Å². The molecule has 142 valence electrons. The average molecular weight is 415 g/mol. The van der Waals surface area contributed by atoms with Crippen LogP contribution in [0, 0.1) is 6.92 Å². The molecule has 0 aliphatic carbocycles. The van der Waals surface area contributed by atoms with Crippen LogP contribution in [-0.4, -0.2) is 25.1 Å². The quantitative estimate of drug-likeness (QED) is 0.355. The number of nitrogens with one attached hydrogen (secondary N) is 3. The summed E-state index contributed by atoms with van der Waals surface area (Å²) in [6.45, 7) is 3.89. The van der Waals surface area contributed by atoms with Crippen LogP contribution in [0.4, 0.5) is 11.6 Å². The van der Waals surface area contributed by atoms with Crippen LogP contribution in [0.5, 0.6) is 11.8 Å². The molecular formula is C19H16Cl2N6O. The fourth-order valence-electron chi connectivity index (χ4n) is 2.77. The van der Waals surface area contributed by atoms with Gasteiger partial charge in [0.15, 0.2) is 5.82 Å². The summed E-state index contributed by atoms with van der Waals surface area (Å²) in [5.41, 5.74) is 2.80. The van der Waals surface area contributed by atoms with Crippen LogP contribution in [0.15, 0.2) is 36.4 Å². The van der Waals surface area contributed by atoms with Crippen LogP contribution in [0.3, 0.4) is 0 Å². The first kappa shape index (κ1) is 18.3. The van der Waals surface area contributed by atoms with Gasteiger partial charge < -0.3 is 15.0 Å². The normalized spacial score (nSPS) is 11.4. The van der Waals surface area contributed by atoms with Gasteiger partial charge in [-0.2, -0.15) is 15.1 Å². The molecular weight excluding hydrogens is 399 g/mol. The van der Waals surface area contributed by atoms with Gasteiger partial charge in [-0.25, -0.2) is 0 Å². The molecule has 0 unspecified atom stereocenters. The van der Waals surface area contributed by atoms with Crippen molar-refractivity contribution in [2.24, 2.45) is 0 Å². The molecule has 3 heterocycles. The number of hydrogen-bond donors (Lipinski definition) is 3. The van der Waals surface area contributed by atoms with Crippen LogP contribution in [0.25, 0.3) is 17.0 Å². The Morgan fingerprint density at radius 3 is 2.79 bits per heavy atom. The molecule has 28 heavy (non-hydrogen) atoms. The molecule has 1 aromatic carbocycles. The highest BCUT2D eigenvalue weighted by atomic mass is 35.5. The number of nitrogens with zero attached hydrogens (tertiary/aromatic N) is 3. The van der Waals surface area contributed by atoms with E-state index in [0.717, 1.165) is 22.3 Å².